The van der Waals surface area contributed by atoms with Crippen LogP contribution in [0.1, 0.15) is 13.3 Å². The van der Waals surface area contributed by atoms with Crippen LogP contribution >= 0.6 is 0 Å². The van der Waals surface area contributed by atoms with Crippen molar-refractivity contribution >= 4 is 32.0 Å². The Morgan fingerprint density at radius 2 is 1.77 bits per heavy atom. The van der Waals surface area contributed by atoms with Crippen LogP contribution in [-0.2, 0) is 25.0 Å². The third-order valence-electron chi connectivity index (χ3n) is 2.43. The molecule has 0 fully saturated rings. The van der Waals surface area contributed by atoms with Gasteiger partial charge in [0.15, 0.2) is 0 Å². The largest absolute Gasteiger partial charge is 0.346 e. The van der Waals surface area contributed by atoms with Gasteiger partial charge in [-0.15, -0.1) is 0 Å². The van der Waals surface area contributed by atoms with Gasteiger partial charge < -0.3 is 0 Å². The van der Waals surface area contributed by atoms with Crippen LogP contribution in [-0.4, -0.2) is 38.1 Å². The Kier molecular flexibility index (Phi) is 5.49. The summed E-state index contributed by atoms with van der Waals surface area (Å²) in [6.07, 6.45) is 0.925. The molecule has 1 aromatic rings. The van der Waals surface area contributed by atoms with E-state index in [9.17, 15) is 31.7 Å². The number of non-ortho nitro benzene ring substituents is 1. The molecule has 0 atom stereocenters. The van der Waals surface area contributed by atoms with Gasteiger partial charge in [-0.25, -0.2) is 13.2 Å². The summed E-state index contributed by atoms with van der Waals surface area (Å²) in [4.78, 5) is 19.5. The molecule has 120 valence electrons. The van der Waals surface area contributed by atoms with E-state index in [1.165, 1.54) is 6.92 Å². The highest BCUT2D eigenvalue weighted by Crippen LogP contribution is 2.22. The zero-order chi connectivity index (χ0) is 17.0. The molecule has 12 heteroatoms. The van der Waals surface area contributed by atoms with Crippen molar-refractivity contribution in [3.63, 3.8) is 0 Å². The molecule has 10 nitrogen and oxygen atoms in total. The van der Waals surface area contributed by atoms with E-state index in [0.29, 0.717) is 0 Å². The van der Waals surface area contributed by atoms with E-state index in [2.05, 4.69) is 4.40 Å². The molecule has 0 bridgehead atoms. The number of hydrogen-bond donors (Lipinski definition) is 0. The van der Waals surface area contributed by atoms with Crippen LogP contribution in [0.3, 0.4) is 0 Å². The maximum atomic E-state index is 12.3. The van der Waals surface area contributed by atoms with Gasteiger partial charge in [-0.1, -0.05) is 15.0 Å². The van der Waals surface area contributed by atoms with Gasteiger partial charge in [0.2, 0.25) is 0 Å². The van der Waals surface area contributed by atoms with E-state index in [0.717, 1.165) is 30.3 Å². The number of sulfonamides is 1. The Balaban J connectivity index is 3.40. The van der Waals surface area contributed by atoms with Crippen LogP contribution in [0.25, 0.3) is 0 Å². The number of carbonyl (C=O) groups excluding carboxylic acids is 1. The Bertz CT molecular complexity index is 809. The molecule has 0 radical (unpaired) electrons. The fourth-order valence-electron chi connectivity index (χ4n) is 1.49. The molecule has 1 rings (SSSR count). The van der Waals surface area contributed by atoms with Crippen LogP contribution in [0.5, 0.6) is 0 Å². The Morgan fingerprint density at radius 3 is 2.18 bits per heavy atom. The predicted octanol–water partition coefficient (Wildman–Crippen LogP) is 0.576. The van der Waals surface area contributed by atoms with Crippen LogP contribution in [0.4, 0.5) is 5.69 Å². The summed E-state index contributed by atoms with van der Waals surface area (Å²) in [5, 5.41) is 10.5. The fraction of sp³-hybridized carbons (Fsp3) is 0.300. The average molecular weight is 349 g/mol. The highest BCUT2D eigenvalue weighted by Gasteiger charge is 2.35. The summed E-state index contributed by atoms with van der Waals surface area (Å²) in [5.41, 5.74) is -0.352. The number of benzene rings is 1. The second kappa shape index (κ2) is 6.75. The summed E-state index contributed by atoms with van der Waals surface area (Å²) >= 11 is 0. The normalized spacial score (nSPS) is 11.9. The van der Waals surface area contributed by atoms with Gasteiger partial charge in [0.1, 0.15) is 0 Å². The lowest BCUT2D eigenvalue weighted by atomic mass is 10.3. The Labute approximate surface area is 126 Å². The van der Waals surface area contributed by atoms with E-state index in [1.807, 2.05) is 0 Å². The van der Waals surface area contributed by atoms with Crippen molar-refractivity contribution in [1.29, 1.82) is 0 Å². The first kappa shape index (κ1) is 17.9. The summed E-state index contributed by atoms with van der Waals surface area (Å²) in [6.45, 7) is 1.09. The number of rotatable bonds is 7. The summed E-state index contributed by atoms with van der Waals surface area (Å²) in [5.74, 6) is 0. The van der Waals surface area contributed by atoms with E-state index in [-0.39, 0.29) is 15.8 Å². The molecule has 0 heterocycles. The number of nitro groups is 1. The van der Waals surface area contributed by atoms with Crippen LogP contribution in [0, 0.1) is 10.1 Å². The van der Waals surface area contributed by atoms with E-state index in [4.69, 9.17) is 0 Å². The molecule has 0 aliphatic heterocycles. The van der Waals surface area contributed by atoms with Crippen molar-refractivity contribution in [3.05, 3.63) is 34.4 Å². The molecule has 0 N–H and O–H groups in total. The Morgan fingerprint density at radius 1 is 1.23 bits per heavy atom. The van der Waals surface area contributed by atoms with Gasteiger partial charge in [0.25, 0.3) is 21.8 Å². The van der Waals surface area contributed by atoms with Gasteiger partial charge in [0, 0.05) is 18.7 Å². The molecular weight excluding hydrogens is 338 g/mol. The summed E-state index contributed by atoms with van der Waals surface area (Å²) < 4.78 is 50.6. The van der Waals surface area contributed by atoms with Crippen molar-refractivity contribution in [3.8, 4) is 0 Å². The molecule has 0 saturated heterocycles. The fourth-order valence-corrected chi connectivity index (χ4v) is 4.58. The highest BCUT2D eigenvalue weighted by molar-refractivity contribution is 8.03. The van der Waals surface area contributed by atoms with Crippen molar-refractivity contribution in [2.24, 2.45) is 4.40 Å². The minimum absolute atomic E-state index is 0.0477. The topological polar surface area (TPSA) is 144 Å². The maximum absolute atomic E-state index is 12.3. The van der Waals surface area contributed by atoms with Crippen molar-refractivity contribution in [1.82, 2.24) is 3.71 Å². The SMILES string of the molecule is CCCN(S(=O)(=O)N=C=O)S(=O)(=O)c1ccc([N+](=O)[O-])cc1. The monoisotopic (exact) mass is 349 g/mol. The first-order chi connectivity index (χ1) is 10.2. The predicted molar refractivity (Wildman–Crippen MR) is 74.3 cm³/mol. The smallest absolute Gasteiger partial charge is 0.258 e. The summed E-state index contributed by atoms with van der Waals surface area (Å²) in [7, 11) is -9.29. The lowest BCUT2D eigenvalue weighted by Crippen LogP contribution is -2.36. The molecule has 0 amide bonds. The first-order valence-electron chi connectivity index (χ1n) is 5.78. The minimum Gasteiger partial charge on any atom is -0.258 e. The van der Waals surface area contributed by atoms with Crippen molar-refractivity contribution in [2.75, 3.05) is 6.54 Å². The van der Waals surface area contributed by atoms with Crippen molar-refractivity contribution < 1.29 is 26.6 Å². The van der Waals surface area contributed by atoms with Crippen LogP contribution in [0.15, 0.2) is 33.6 Å². The van der Waals surface area contributed by atoms with E-state index in [1.54, 1.807) is 0 Å². The van der Waals surface area contributed by atoms with Crippen molar-refractivity contribution in [2.45, 2.75) is 18.2 Å². The number of isocyanates is 1. The number of nitrogens with zero attached hydrogens (tertiary/aromatic N) is 3. The molecule has 0 spiro atoms. The van der Waals surface area contributed by atoms with E-state index >= 15 is 0 Å². The second-order valence-electron chi connectivity index (χ2n) is 3.91. The number of nitro benzene ring substituents is 1. The van der Waals surface area contributed by atoms with Gasteiger partial charge in [0.05, 0.1) is 9.82 Å². The zero-order valence-corrected chi connectivity index (χ0v) is 12.9. The quantitative estimate of drug-likeness (QED) is 0.303. The van der Waals surface area contributed by atoms with Gasteiger partial charge >= 0.3 is 10.2 Å². The van der Waals surface area contributed by atoms with Crippen LogP contribution in [0.2, 0.25) is 0 Å². The molecule has 0 aromatic heterocycles. The number of hydrogen-bond acceptors (Lipinski definition) is 7. The average Bonchev–Trinajstić information content (AvgIpc) is 2.44. The lowest BCUT2D eigenvalue weighted by molar-refractivity contribution is -0.384. The Hall–Kier alpha value is -2.14. The molecule has 0 unspecified atom stereocenters. The molecule has 1 aromatic carbocycles. The summed E-state index contributed by atoms with van der Waals surface area (Å²) in [6, 6.07) is 3.64. The third kappa shape index (κ3) is 3.74. The molecule has 22 heavy (non-hydrogen) atoms. The van der Waals surface area contributed by atoms with Crippen LogP contribution < -0.4 is 0 Å². The second-order valence-corrected chi connectivity index (χ2v) is 7.53. The molecular formula is C10H11N3O7S2. The maximum Gasteiger partial charge on any atom is 0.346 e. The zero-order valence-electron chi connectivity index (χ0n) is 11.2. The van der Waals surface area contributed by atoms with Gasteiger partial charge in [-0.3, -0.25) is 10.1 Å². The third-order valence-corrected chi connectivity index (χ3v) is 6.17. The lowest BCUT2D eigenvalue weighted by Gasteiger charge is -2.17. The van der Waals surface area contributed by atoms with E-state index < -0.39 is 36.6 Å². The molecule has 0 saturated carbocycles. The van der Waals surface area contributed by atoms with Gasteiger partial charge in [-0.2, -0.15) is 8.42 Å². The molecule has 0 aliphatic rings. The highest BCUT2D eigenvalue weighted by atomic mass is 32.3. The van der Waals surface area contributed by atoms with Gasteiger partial charge in [-0.05, 0) is 18.6 Å². The first-order valence-corrected chi connectivity index (χ1v) is 8.62. The molecule has 0 aliphatic carbocycles. The standard InChI is InChI=1S/C10H11N3O7S2/c1-2-7-12(22(19,20)11-8-14)21(17,18)10-5-3-9(4-6-10)13(15)16/h3-6H,2,7H2,1H3. The minimum atomic E-state index is -4.75.